The molecule has 0 aliphatic carbocycles. The van der Waals surface area contributed by atoms with Gasteiger partial charge < -0.3 is 10.2 Å². The maximum Gasteiger partial charge on any atom is 0.420 e. The first-order valence-electron chi connectivity index (χ1n) is 11.6. The summed E-state index contributed by atoms with van der Waals surface area (Å²) in [6, 6.07) is 1.23. The highest BCUT2D eigenvalue weighted by molar-refractivity contribution is 7.88. The summed E-state index contributed by atoms with van der Waals surface area (Å²) in [5.41, 5.74) is -1.84. The van der Waals surface area contributed by atoms with Crippen LogP contribution in [0.4, 0.5) is 23.5 Å². The monoisotopic (exact) mass is 547 g/mol. The van der Waals surface area contributed by atoms with Crippen molar-refractivity contribution in [3.8, 4) is 10.6 Å². The summed E-state index contributed by atoms with van der Waals surface area (Å²) in [6.07, 6.45) is -0.549. The Morgan fingerprint density at radius 3 is 2.61 bits per heavy atom. The van der Waals surface area contributed by atoms with Gasteiger partial charge in [0.2, 0.25) is 16.0 Å². The van der Waals surface area contributed by atoms with Gasteiger partial charge >= 0.3 is 6.18 Å². The van der Waals surface area contributed by atoms with Crippen LogP contribution in [0.1, 0.15) is 52.9 Å². The quantitative estimate of drug-likeness (QED) is 0.552. The normalized spacial score (nSPS) is 23.2. The van der Waals surface area contributed by atoms with E-state index in [9.17, 15) is 30.8 Å². The molecule has 5 heterocycles. The van der Waals surface area contributed by atoms with E-state index in [-0.39, 0.29) is 48.0 Å². The number of piperidine rings is 1. The standard InChI is InChI=1S/C22H25F4N5O3S2/c1-36(33,34)30-9-3-13(4-10-30)28-20-27-12-15(22(24,25)26)17(29-20)16-11-14-18(35-16)21(6-7-23)5-2-8-31(21)19(14)32/h11-13H,2-10H2,1H3,(H,27,28,29). The van der Waals surface area contributed by atoms with Crippen LogP contribution in [0.25, 0.3) is 10.6 Å². The third-order valence-corrected chi connectivity index (χ3v) is 9.85. The highest BCUT2D eigenvalue weighted by Crippen LogP contribution is 2.54. The van der Waals surface area contributed by atoms with E-state index in [2.05, 4.69) is 15.3 Å². The van der Waals surface area contributed by atoms with Crippen molar-refractivity contribution in [2.75, 3.05) is 37.9 Å². The van der Waals surface area contributed by atoms with Gasteiger partial charge in [-0.3, -0.25) is 9.18 Å². The number of hydrogen-bond donors (Lipinski definition) is 1. The Kier molecular flexibility index (Phi) is 6.27. The van der Waals surface area contributed by atoms with Crippen LogP contribution in [0.3, 0.4) is 0 Å². The van der Waals surface area contributed by atoms with E-state index >= 15 is 0 Å². The van der Waals surface area contributed by atoms with Crippen molar-refractivity contribution in [3.05, 3.63) is 28.3 Å². The number of carbonyl (C=O) groups excluding carboxylic acids is 1. The Balaban J connectivity index is 1.47. The highest BCUT2D eigenvalue weighted by Gasteiger charge is 2.53. The zero-order chi connectivity index (χ0) is 25.9. The molecule has 14 heteroatoms. The molecule has 1 unspecified atom stereocenters. The van der Waals surface area contributed by atoms with Crippen molar-refractivity contribution in [3.63, 3.8) is 0 Å². The molecule has 8 nitrogen and oxygen atoms in total. The zero-order valence-electron chi connectivity index (χ0n) is 19.4. The lowest BCUT2D eigenvalue weighted by atomic mass is 9.92. The van der Waals surface area contributed by atoms with Gasteiger partial charge in [-0.25, -0.2) is 22.7 Å². The number of anilines is 1. The molecular formula is C22H25F4N5O3S2. The number of halogens is 4. The van der Waals surface area contributed by atoms with Gasteiger partial charge in [0.05, 0.1) is 34.6 Å². The van der Waals surface area contributed by atoms with Gasteiger partial charge in [-0.2, -0.15) is 13.2 Å². The van der Waals surface area contributed by atoms with Crippen molar-refractivity contribution in [1.29, 1.82) is 0 Å². The summed E-state index contributed by atoms with van der Waals surface area (Å²) >= 11 is 1.06. The summed E-state index contributed by atoms with van der Waals surface area (Å²) in [7, 11) is -3.31. The minimum absolute atomic E-state index is 0.00310. The maximum absolute atomic E-state index is 13.9. The van der Waals surface area contributed by atoms with Crippen LogP contribution < -0.4 is 5.32 Å². The Morgan fingerprint density at radius 1 is 1.25 bits per heavy atom. The molecule has 2 aromatic rings. The van der Waals surface area contributed by atoms with Gasteiger partial charge in [-0.15, -0.1) is 11.3 Å². The summed E-state index contributed by atoms with van der Waals surface area (Å²) in [5.74, 6) is -0.284. The van der Waals surface area contributed by atoms with E-state index in [4.69, 9.17) is 0 Å². The topological polar surface area (TPSA) is 95.5 Å². The second kappa shape index (κ2) is 8.91. The molecule has 2 fully saturated rings. The minimum Gasteiger partial charge on any atom is -0.351 e. The van der Waals surface area contributed by atoms with Gasteiger partial charge in [0.25, 0.3) is 5.91 Å². The molecule has 3 aliphatic rings. The number of alkyl halides is 4. The number of sulfonamides is 1. The number of carbonyl (C=O) groups is 1. The van der Waals surface area contributed by atoms with Gasteiger partial charge in [0.1, 0.15) is 5.56 Å². The third-order valence-electron chi connectivity index (χ3n) is 7.21. The number of rotatable bonds is 6. The lowest BCUT2D eigenvalue weighted by Crippen LogP contribution is -2.42. The SMILES string of the molecule is CS(=O)(=O)N1CCC(Nc2ncc(C(F)(F)F)c(-c3cc4c(s3)C3(CCF)CCCN3C4=O)n2)CC1. The molecule has 0 saturated carbocycles. The lowest BCUT2D eigenvalue weighted by Gasteiger charge is -2.31. The van der Waals surface area contributed by atoms with Crippen LogP contribution in [0.5, 0.6) is 0 Å². The number of aromatic nitrogens is 2. The van der Waals surface area contributed by atoms with Gasteiger partial charge in [0.15, 0.2) is 0 Å². The van der Waals surface area contributed by atoms with Crippen molar-refractivity contribution >= 4 is 33.2 Å². The van der Waals surface area contributed by atoms with Crippen LogP contribution in [-0.2, 0) is 21.7 Å². The first-order chi connectivity index (χ1) is 16.9. The van der Waals surface area contributed by atoms with E-state index in [1.807, 2.05) is 0 Å². The summed E-state index contributed by atoms with van der Waals surface area (Å²) < 4.78 is 79.9. The predicted molar refractivity (Wildman–Crippen MR) is 126 cm³/mol. The average Bonchev–Trinajstić information content (AvgIpc) is 3.47. The molecule has 0 aromatic carbocycles. The number of thiophene rings is 1. The molecule has 1 atom stereocenters. The van der Waals surface area contributed by atoms with Crippen molar-refractivity contribution in [1.82, 2.24) is 19.2 Å². The van der Waals surface area contributed by atoms with E-state index in [0.717, 1.165) is 23.8 Å². The Hall–Kier alpha value is -2.32. The van der Waals surface area contributed by atoms with E-state index < -0.39 is 34.0 Å². The number of amides is 1. The largest absolute Gasteiger partial charge is 0.420 e. The Bertz CT molecular complexity index is 1290. The van der Waals surface area contributed by atoms with Crippen molar-refractivity contribution in [2.24, 2.45) is 0 Å². The van der Waals surface area contributed by atoms with Crippen LogP contribution in [0.15, 0.2) is 12.3 Å². The zero-order valence-corrected chi connectivity index (χ0v) is 21.1. The molecular weight excluding hydrogens is 522 g/mol. The Morgan fingerprint density at radius 2 is 1.97 bits per heavy atom. The van der Waals surface area contributed by atoms with Gasteiger partial charge in [0, 0.05) is 43.2 Å². The molecule has 0 bridgehead atoms. The van der Waals surface area contributed by atoms with Crippen molar-refractivity contribution in [2.45, 2.75) is 49.9 Å². The molecule has 196 valence electrons. The minimum atomic E-state index is -4.72. The second-order valence-electron chi connectivity index (χ2n) is 9.42. The summed E-state index contributed by atoms with van der Waals surface area (Å²) in [4.78, 5) is 23.5. The van der Waals surface area contributed by atoms with Gasteiger partial charge in [-0.05, 0) is 31.7 Å². The van der Waals surface area contributed by atoms with Crippen LogP contribution >= 0.6 is 11.3 Å². The van der Waals surface area contributed by atoms with Gasteiger partial charge in [-0.1, -0.05) is 0 Å². The molecule has 1 amide bonds. The molecule has 0 radical (unpaired) electrons. The van der Waals surface area contributed by atoms with E-state index in [1.165, 1.54) is 10.4 Å². The third kappa shape index (κ3) is 4.26. The second-order valence-corrected chi connectivity index (χ2v) is 12.5. The predicted octanol–water partition coefficient (Wildman–Crippen LogP) is 3.86. The number of fused-ring (bicyclic) bond motifs is 3. The summed E-state index contributed by atoms with van der Waals surface area (Å²) in [5, 5.41) is 3.03. The Labute approximate surface area is 209 Å². The number of nitrogens with one attached hydrogen (secondary N) is 1. The fourth-order valence-electron chi connectivity index (χ4n) is 5.46. The maximum atomic E-state index is 13.9. The molecule has 2 aromatic heterocycles. The number of hydrogen-bond acceptors (Lipinski definition) is 7. The summed E-state index contributed by atoms with van der Waals surface area (Å²) in [6.45, 7) is 0.445. The van der Waals surface area contributed by atoms with Crippen LogP contribution in [0.2, 0.25) is 0 Å². The fourth-order valence-corrected chi connectivity index (χ4v) is 7.74. The molecule has 36 heavy (non-hydrogen) atoms. The first kappa shape index (κ1) is 25.3. The molecule has 0 spiro atoms. The van der Waals surface area contributed by atoms with E-state index in [1.54, 1.807) is 4.90 Å². The molecule has 5 rings (SSSR count). The van der Waals surface area contributed by atoms with Crippen molar-refractivity contribution < 1.29 is 30.8 Å². The first-order valence-corrected chi connectivity index (χ1v) is 14.3. The molecule has 1 N–H and O–H groups in total. The van der Waals surface area contributed by atoms with E-state index in [0.29, 0.717) is 42.7 Å². The lowest BCUT2D eigenvalue weighted by molar-refractivity contribution is -0.137. The van der Waals surface area contributed by atoms with Crippen LogP contribution in [0, 0.1) is 0 Å². The van der Waals surface area contributed by atoms with Crippen LogP contribution in [-0.4, -0.2) is 72.1 Å². The fraction of sp³-hybridized carbons (Fsp3) is 0.591. The molecule has 3 aliphatic heterocycles. The number of nitrogens with zero attached hydrogens (tertiary/aromatic N) is 4. The average molecular weight is 548 g/mol. The molecule has 2 saturated heterocycles. The highest BCUT2D eigenvalue weighted by atomic mass is 32.2. The smallest absolute Gasteiger partial charge is 0.351 e.